The molecule has 29 heavy (non-hydrogen) atoms. The van der Waals surface area contributed by atoms with E-state index in [9.17, 15) is 4.79 Å². The molecule has 1 aliphatic rings. The van der Waals surface area contributed by atoms with Crippen molar-refractivity contribution in [2.24, 2.45) is 0 Å². The lowest BCUT2D eigenvalue weighted by Gasteiger charge is -2.13. The first-order valence-corrected chi connectivity index (χ1v) is 10.3. The van der Waals surface area contributed by atoms with E-state index in [4.69, 9.17) is 14.5 Å². The van der Waals surface area contributed by atoms with E-state index in [-0.39, 0.29) is 12.4 Å². The second kappa shape index (κ2) is 7.64. The van der Waals surface area contributed by atoms with Gasteiger partial charge in [-0.2, -0.15) is 0 Å². The summed E-state index contributed by atoms with van der Waals surface area (Å²) in [7, 11) is 0. The van der Waals surface area contributed by atoms with Gasteiger partial charge in [-0.3, -0.25) is 9.36 Å². The third kappa shape index (κ3) is 3.59. The van der Waals surface area contributed by atoms with Gasteiger partial charge in [-0.1, -0.05) is 60.3 Å². The molecule has 6 heteroatoms. The zero-order chi connectivity index (χ0) is 19.6. The molecule has 4 aromatic rings. The van der Waals surface area contributed by atoms with Crippen molar-refractivity contribution in [2.75, 3.05) is 6.79 Å². The third-order valence-electron chi connectivity index (χ3n) is 4.82. The number of thioether (sulfide) groups is 1. The largest absolute Gasteiger partial charge is 0.454 e. The van der Waals surface area contributed by atoms with Crippen molar-refractivity contribution in [2.45, 2.75) is 17.5 Å². The van der Waals surface area contributed by atoms with Gasteiger partial charge < -0.3 is 9.47 Å². The molecule has 0 radical (unpaired) electrons. The second-order valence-electron chi connectivity index (χ2n) is 6.76. The van der Waals surface area contributed by atoms with E-state index in [0.29, 0.717) is 22.8 Å². The number of ether oxygens (including phenoxy) is 2. The molecule has 0 aliphatic carbocycles. The molecule has 1 aromatic heterocycles. The predicted molar refractivity (Wildman–Crippen MR) is 114 cm³/mol. The molecule has 5 nitrogen and oxygen atoms in total. The molecule has 0 fully saturated rings. The average molecular weight is 402 g/mol. The van der Waals surface area contributed by atoms with Crippen molar-refractivity contribution < 1.29 is 9.47 Å². The fourth-order valence-electron chi connectivity index (χ4n) is 3.34. The van der Waals surface area contributed by atoms with Crippen LogP contribution in [0.3, 0.4) is 0 Å². The molecule has 0 unspecified atom stereocenters. The summed E-state index contributed by atoms with van der Waals surface area (Å²) in [4.78, 5) is 18.0. The summed E-state index contributed by atoms with van der Waals surface area (Å²) < 4.78 is 12.6. The molecule has 0 saturated heterocycles. The first kappa shape index (κ1) is 17.8. The predicted octanol–water partition coefficient (Wildman–Crippen LogP) is 4.47. The van der Waals surface area contributed by atoms with E-state index in [2.05, 4.69) is 0 Å². The number of fused-ring (bicyclic) bond motifs is 2. The SMILES string of the molecule is O=c1c2ccccc2nc(SCc2ccc3c(c2)OCO3)n1Cc1ccccc1. The first-order chi connectivity index (χ1) is 14.3. The van der Waals surface area contributed by atoms with Gasteiger partial charge in [-0.15, -0.1) is 0 Å². The van der Waals surface area contributed by atoms with Gasteiger partial charge in [0.15, 0.2) is 16.7 Å². The monoisotopic (exact) mass is 402 g/mol. The molecule has 3 aromatic carbocycles. The van der Waals surface area contributed by atoms with Crippen LogP contribution in [-0.2, 0) is 12.3 Å². The van der Waals surface area contributed by atoms with Crippen LogP contribution >= 0.6 is 11.8 Å². The minimum atomic E-state index is -0.0207. The van der Waals surface area contributed by atoms with Crippen LogP contribution in [0.15, 0.2) is 82.7 Å². The van der Waals surface area contributed by atoms with E-state index in [0.717, 1.165) is 28.1 Å². The average Bonchev–Trinajstić information content (AvgIpc) is 3.23. The van der Waals surface area contributed by atoms with Crippen molar-refractivity contribution >= 4 is 22.7 Å². The van der Waals surface area contributed by atoms with Crippen LogP contribution in [0.25, 0.3) is 10.9 Å². The molecular weight excluding hydrogens is 384 g/mol. The van der Waals surface area contributed by atoms with Crippen LogP contribution in [0.4, 0.5) is 0 Å². The Labute approximate surface area is 171 Å². The topological polar surface area (TPSA) is 53.4 Å². The van der Waals surface area contributed by atoms with Crippen LogP contribution in [-0.4, -0.2) is 16.3 Å². The maximum Gasteiger partial charge on any atom is 0.262 e. The summed E-state index contributed by atoms with van der Waals surface area (Å²) in [6.07, 6.45) is 0. The molecule has 0 bridgehead atoms. The molecule has 0 atom stereocenters. The zero-order valence-electron chi connectivity index (χ0n) is 15.6. The van der Waals surface area contributed by atoms with Gasteiger partial charge in [0.05, 0.1) is 17.4 Å². The Morgan fingerprint density at radius 1 is 0.897 bits per heavy atom. The Morgan fingerprint density at radius 3 is 2.59 bits per heavy atom. The molecule has 1 aliphatic heterocycles. The number of para-hydroxylation sites is 1. The summed E-state index contributed by atoms with van der Waals surface area (Å²) in [6.45, 7) is 0.746. The highest BCUT2D eigenvalue weighted by Crippen LogP contribution is 2.34. The molecule has 0 N–H and O–H groups in total. The van der Waals surface area contributed by atoms with E-state index in [1.807, 2.05) is 72.8 Å². The van der Waals surface area contributed by atoms with Crippen LogP contribution in [0, 0.1) is 0 Å². The molecule has 0 spiro atoms. The Hall–Kier alpha value is -3.25. The minimum Gasteiger partial charge on any atom is -0.454 e. The molecular formula is C23H18N2O3S. The summed E-state index contributed by atoms with van der Waals surface area (Å²) in [5.74, 6) is 2.20. The highest BCUT2D eigenvalue weighted by atomic mass is 32.2. The Balaban J connectivity index is 1.51. The molecule has 5 rings (SSSR count). The van der Waals surface area contributed by atoms with Crippen LogP contribution in [0.2, 0.25) is 0 Å². The molecule has 0 saturated carbocycles. The minimum absolute atomic E-state index is 0.0207. The van der Waals surface area contributed by atoms with Crippen molar-refractivity contribution in [3.8, 4) is 11.5 Å². The number of hydrogen-bond acceptors (Lipinski definition) is 5. The van der Waals surface area contributed by atoms with Gasteiger partial charge in [0.25, 0.3) is 5.56 Å². The van der Waals surface area contributed by atoms with Crippen molar-refractivity contribution in [3.05, 3.63) is 94.3 Å². The van der Waals surface area contributed by atoms with Crippen LogP contribution in [0.1, 0.15) is 11.1 Å². The number of nitrogens with zero attached hydrogens (tertiary/aromatic N) is 2. The summed E-state index contributed by atoms with van der Waals surface area (Å²) in [5.41, 5.74) is 2.85. The van der Waals surface area contributed by atoms with Gasteiger partial charge in [-0.25, -0.2) is 4.98 Å². The molecule has 2 heterocycles. The fraction of sp³-hybridized carbons (Fsp3) is 0.130. The molecule has 0 amide bonds. The summed E-state index contributed by atoms with van der Waals surface area (Å²) >= 11 is 1.55. The number of benzene rings is 3. The van der Waals surface area contributed by atoms with Crippen molar-refractivity contribution in [1.29, 1.82) is 0 Å². The Kier molecular flexibility index (Phi) is 4.69. The highest BCUT2D eigenvalue weighted by Gasteiger charge is 2.15. The number of rotatable bonds is 5. The van der Waals surface area contributed by atoms with E-state index in [1.54, 1.807) is 16.3 Å². The fourth-order valence-corrected chi connectivity index (χ4v) is 4.28. The van der Waals surface area contributed by atoms with Crippen molar-refractivity contribution in [3.63, 3.8) is 0 Å². The second-order valence-corrected chi connectivity index (χ2v) is 7.71. The summed E-state index contributed by atoms with van der Waals surface area (Å²) in [6, 6.07) is 23.4. The lowest BCUT2D eigenvalue weighted by atomic mass is 10.2. The van der Waals surface area contributed by atoms with Crippen molar-refractivity contribution in [1.82, 2.24) is 9.55 Å². The number of aromatic nitrogens is 2. The normalized spacial score (nSPS) is 12.4. The third-order valence-corrected chi connectivity index (χ3v) is 5.86. The van der Waals surface area contributed by atoms with Crippen LogP contribution in [0.5, 0.6) is 11.5 Å². The Morgan fingerprint density at radius 2 is 1.69 bits per heavy atom. The van der Waals surface area contributed by atoms with Gasteiger partial charge >= 0.3 is 0 Å². The highest BCUT2D eigenvalue weighted by molar-refractivity contribution is 7.98. The maximum atomic E-state index is 13.2. The smallest absolute Gasteiger partial charge is 0.262 e. The summed E-state index contributed by atoms with van der Waals surface area (Å²) in [5, 5.41) is 1.34. The zero-order valence-corrected chi connectivity index (χ0v) is 16.4. The lowest BCUT2D eigenvalue weighted by molar-refractivity contribution is 0.174. The lowest BCUT2D eigenvalue weighted by Crippen LogP contribution is -2.24. The van der Waals surface area contributed by atoms with Gasteiger partial charge in [-0.05, 0) is 35.4 Å². The molecule has 144 valence electrons. The van der Waals surface area contributed by atoms with Gasteiger partial charge in [0.1, 0.15) is 0 Å². The standard InChI is InChI=1S/C23H18N2O3S/c26-22-18-8-4-5-9-19(18)24-23(25(22)13-16-6-2-1-3-7-16)29-14-17-10-11-20-21(12-17)28-15-27-20/h1-12H,13-15H2. The maximum absolute atomic E-state index is 13.2. The number of hydrogen-bond donors (Lipinski definition) is 0. The van der Waals surface area contributed by atoms with E-state index < -0.39 is 0 Å². The quantitative estimate of drug-likeness (QED) is 0.364. The van der Waals surface area contributed by atoms with Gasteiger partial charge in [0, 0.05) is 5.75 Å². The van der Waals surface area contributed by atoms with Crippen LogP contribution < -0.4 is 15.0 Å². The van der Waals surface area contributed by atoms with E-state index >= 15 is 0 Å². The Bertz CT molecular complexity index is 1240. The van der Waals surface area contributed by atoms with Gasteiger partial charge in [0.2, 0.25) is 6.79 Å². The van der Waals surface area contributed by atoms with E-state index in [1.165, 1.54) is 0 Å². The first-order valence-electron chi connectivity index (χ1n) is 9.33.